The Hall–Kier alpha value is -1.43. The van der Waals surface area contributed by atoms with Crippen molar-refractivity contribution in [2.45, 2.75) is 50.7 Å². The van der Waals surface area contributed by atoms with Gasteiger partial charge in [0.1, 0.15) is 6.04 Å². The lowest BCUT2D eigenvalue weighted by Gasteiger charge is -2.15. The fraction of sp³-hybridized carbons (Fsp3) is 0.500. The van der Waals surface area contributed by atoms with Crippen molar-refractivity contribution in [2.75, 3.05) is 6.54 Å². The number of alkyl halides is 3. The van der Waals surface area contributed by atoms with Gasteiger partial charge in [-0.05, 0) is 78.8 Å². The molecule has 1 rings (SSSR count). The predicted molar refractivity (Wildman–Crippen MR) is 112 cm³/mol. The van der Waals surface area contributed by atoms with E-state index in [1.54, 1.807) is 0 Å². The topological polar surface area (TPSA) is 78.4 Å². The van der Waals surface area contributed by atoms with Crippen LogP contribution in [0.25, 0.3) is 0 Å². The van der Waals surface area contributed by atoms with Gasteiger partial charge in [0.05, 0.1) is 4.99 Å². The van der Waals surface area contributed by atoms with Gasteiger partial charge in [-0.1, -0.05) is 24.4 Å². The number of benzene rings is 1. The number of halogens is 4. The largest absolute Gasteiger partial charge is 0.480 e. The van der Waals surface area contributed by atoms with Gasteiger partial charge in [0.2, 0.25) is 0 Å². The average molecular weight is 530 g/mol. The van der Waals surface area contributed by atoms with Crippen LogP contribution in [-0.4, -0.2) is 40.7 Å². The minimum atomic E-state index is -5.10. The number of rotatable bonds is 11. The highest BCUT2D eigenvalue weighted by molar-refractivity contribution is 14.1. The van der Waals surface area contributed by atoms with E-state index in [0.29, 0.717) is 24.4 Å². The summed E-state index contributed by atoms with van der Waals surface area (Å²) in [6.07, 6.45) is -1.77. The number of nitrogens with one attached hydrogen (secondary N) is 2. The Morgan fingerprint density at radius 1 is 1.14 bits per heavy atom. The van der Waals surface area contributed by atoms with Crippen molar-refractivity contribution in [3.8, 4) is 0 Å². The molecule has 1 amide bonds. The van der Waals surface area contributed by atoms with Crippen molar-refractivity contribution in [3.63, 3.8) is 0 Å². The molecule has 0 aromatic heterocycles. The van der Waals surface area contributed by atoms with E-state index in [9.17, 15) is 22.8 Å². The molecular formula is C18H22F3IN2O3S. The summed E-state index contributed by atoms with van der Waals surface area (Å²) in [5, 5.41) is 13.5. The van der Waals surface area contributed by atoms with Crippen LogP contribution in [0.4, 0.5) is 13.2 Å². The molecular weight excluding hydrogens is 508 g/mol. The first-order chi connectivity index (χ1) is 13.1. The van der Waals surface area contributed by atoms with E-state index in [-0.39, 0.29) is 6.42 Å². The number of hydrogen-bond acceptors (Lipinski definition) is 3. The van der Waals surface area contributed by atoms with Crippen LogP contribution in [0.15, 0.2) is 24.3 Å². The first kappa shape index (κ1) is 24.6. The molecule has 0 aliphatic rings. The van der Waals surface area contributed by atoms with Gasteiger partial charge in [-0.3, -0.25) is 4.79 Å². The lowest BCUT2D eigenvalue weighted by atomic mass is 10.1. The highest BCUT2D eigenvalue weighted by atomic mass is 127. The first-order valence-electron chi connectivity index (χ1n) is 8.71. The molecule has 10 heteroatoms. The van der Waals surface area contributed by atoms with Gasteiger partial charge in [0.15, 0.2) is 0 Å². The van der Waals surface area contributed by atoms with Gasteiger partial charge >= 0.3 is 18.1 Å². The number of carboxylic acids is 1. The van der Waals surface area contributed by atoms with Crippen LogP contribution in [0, 0.1) is 3.57 Å². The van der Waals surface area contributed by atoms with Gasteiger partial charge < -0.3 is 15.7 Å². The van der Waals surface area contributed by atoms with E-state index in [1.807, 2.05) is 12.1 Å². The summed E-state index contributed by atoms with van der Waals surface area (Å²) in [5.41, 5.74) is 1.24. The van der Waals surface area contributed by atoms with Crippen molar-refractivity contribution in [3.05, 3.63) is 33.4 Å². The van der Waals surface area contributed by atoms with E-state index < -0.39 is 24.1 Å². The summed E-state index contributed by atoms with van der Waals surface area (Å²) in [7, 11) is 0. The maximum Gasteiger partial charge on any atom is 0.471 e. The Bertz CT molecular complexity index is 669. The molecule has 1 aromatic rings. The number of thiocarbonyl (C=S) groups is 1. The number of hydrogen-bond donors (Lipinski definition) is 3. The van der Waals surface area contributed by atoms with Gasteiger partial charge in [0.25, 0.3) is 0 Å². The number of amides is 1. The second kappa shape index (κ2) is 12.2. The van der Waals surface area contributed by atoms with Crippen LogP contribution in [0.1, 0.15) is 37.7 Å². The van der Waals surface area contributed by atoms with Crippen molar-refractivity contribution in [2.24, 2.45) is 0 Å². The molecule has 0 aliphatic heterocycles. The summed E-state index contributed by atoms with van der Waals surface area (Å²) in [6, 6.07) is 6.70. The molecule has 0 heterocycles. The molecule has 28 heavy (non-hydrogen) atoms. The van der Waals surface area contributed by atoms with Crippen LogP contribution in [0.3, 0.4) is 0 Å². The number of aliphatic carboxylic acids is 1. The van der Waals surface area contributed by atoms with E-state index in [0.717, 1.165) is 19.3 Å². The first-order valence-corrected chi connectivity index (χ1v) is 10.2. The number of carboxylic acid groups (broad SMARTS) is 1. The monoisotopic (exact) mass is 530 g/mol. The third kappa shape index (κ3) is 10.2. The summed E-state index contributed by atoms with van der Waals surface area (Å²) in [4.78, 5) is 22.5. The Morgan fingerprint density at radius 2 is 1.79 bits per heavy atom. The second-order valence-corrected chi connectivity index (χ2v) is 7.93. The van der Waals surface area contributed by atoms with Crippen LogP contribution in [0.5, 0.6) is 0 Å². The second-order valence-electron chi connectivity index (χ2n) is 6.19. The van der Waals surface area contributed by atoms with E-state index in [1.165, 1.54) is 14.5 Å². The summed E-state index contributed by atoms with van der Waals surface area (Å²) in [5.74, 6) is -3.73. The Labute approximate surface area is 180 Å². The van der Waals surface area contributed by atoms with E-state index in [2.05, 4.69) is 40.0 Å². The normalized spacial score (nSPS) is 12.3. The third-order valence-electron chi connectivity index (χ3n) is 3.89. The summed E-state index contributed by atoms with van der Waals surface area (Å²) < 4.78 is 37.8. The van der Waals surface area contributed by atoms with Crippen LogP contribution < -0.4 is 10.6 Å². The molecule has 3 N–H and O–H groups in total. The molecule has 0 saturated carbocycles. The highest BCUT2D eigenvalue weighted by Crippen LogP contribution is 2.15. The zero-order valence-electron chi connectivity index (χ0n) is 15.0. The van der Waals surface area contributed by atoms with Gasteiger partial charge in [-0.2, -0.15) is 13.2 Å². The van der Waals surface area contributed by atoms with Crippen molar-refractivity contribution in [1.82, 2.24) is 10.6 Å². The molecule has 0 spiro atoms. The highest BCUT2D eigenvalue weighted by Gasteiger charge is 2.40. The van der Waals surface area contributed by atoms with Crippen LogP contribution in [-0.2, 0) is 16.0 Å². The standard InChI is InChI=1S/C18H22F3IN2O3S/c19-18(20,21)17(27)24-14(16(25)26)5-1-2-11-23-15(28)6-3-4-12-7-9-13(22)10-8-12/h7-10,14H,1-6,11H2,(H,23,28)(H,24,27)(H,25,26)/t14-/m0/s1. The molecule has 0 saturated heterocycles. The van der Waals surface area contributed by atoms with Gasteiger partial charge in [-0.25, -0.2) is 4.79 Å². The van der Waals surface area contributed by atoms with Crippen molar-refractivity contribution >= 4 is 51.7 Å². The number of aryl methyl sites for hydroxylation is 1. The number of carbonyl (C=O) groups is 2. The van der Waals surface area contributed by atoms with Crippen LogP contribution in [0.2, 0.25) is 0 Å². The lowest BCUT2D eigenvalue weighted by molar-refractivity contribution is -0.175. The fourth-order valence-corrected chi connectivity index (χ4v) is 3.00. The molecule has 1 aromatic carbocycles. The smallest absolute Gasteiger partial charge is 0.471 e. The molecule has 5 nitrogen and oxygen atoms in total. The zero-order valence-corrected chi connectivity index (χ0v) is 18.0. The quantitative estimate of drug-likeness (QED) is 0.230. The molecule has 0 aliphatic carbocycles. The molecule has 1 atom stereocenters. The lowest BCUT2D eigenvalue weighted by Crippen LogP contribution is -2.46. The predicted octanol–water partition coefficient (Wildman–Crippen LogP) is 3.83. The van der Waals surface area contributed by atoms with E-state index in [4.69, 9.17) is 17.3 Å². The molecule has 0 bridgehead atoms. The van der Waals surface area contributed by atoms with Crippen molar-refractivity contribution in [1.29, 1.82) is 0 Å². The molecule has 0 radical (unpaired) electrons. The number of unbranched alkanes of at least 4 members (excludes halogenated alkanes) is 1. The molecule has 156 valence electrons. The molecule has 0 fully saturated rings. The SMILES string of the molecule is O=C(O)[C@H](CCCCNC(=S)CCCc1ccc(I)cc1)NC(=O)C(F)(F)F. The van der Waals surface area contributed by atoms with Crippen molar-refractivity contribution < 1.29 is 27.9 Å². The Morgan fingerprint density at radius 3 is 2.36 bits per heavy atom. The fourth-order valence-electron chi connectivity index (χ4n) is 2.39. The summed E-state index contributed by atoms with van der Waals surface area (Å²) >= 11 is 7.49. The summed E-state index contributed by atoms with van der Waals surface area (Å²) in [6.45, 7) is 0.502. The number of carbonyl (C=O) groups excluding carboxylic acids is 1. The average Bonchev–Trinajstić information content (AvgIpc) is 2.61. The third-order valence-corrected chi connectivity index (χ3v) is 4.95. The Balaban J connectivity index is 2.18. The maximum atomic E-state index is 12.2. The van der Waals surface area contributed by atoms with Gasteiger partial charge in [0, 0.05) is 10.1 Å². The minimum Gasteiger partial charge on any atom is -0.480 e. The zero-order chi connectivity index (χ0) is 21.2. The van der Waals surface area contributed by atoms with E-state index >= 15 is 0 Å². The van der Waals surface area contributed by atoms with Gasteiger partial charge in [-0.15, -0.1) is 0 Å². The maximum absolute atomic E-state index is 12.2. The minimum absolute atomic E-state index is 0.0849. The molecule has 0 unspecified atom stereocenters. The van der Waals surface area contributed by atoms with Crippen LogP contribution >= 0.6 is 34.8 Å². The Kier molecular flexibility index (Phi) is 10.7.